The summed E-state index contributed by atoms with van der Waals surface area (Å²) in [5.74, 6) is -0.742. The highest BCUT2D eigenvalue weighted by molar-refractivity contribution is 5.86. The van der Waals surface area contributed by atoms with E-state index in [1.54, 1.807) is 12.1 Å². The first-order valence-electron chi connectivity index (χ1n) is 13.5. The highest BCUT2D eigenvalue weighted by Crippen LogP contribution is 2.58. The molecule has 6 rings (SSSR count). The van der Waals surface area contributed by atoms with Gasteiger partial charge in [0, 0.05) is 35.0 Å². The van der Waals surface area contributed by atoms with Crippen LogP contribution in [0.15, 0.2) is 66.9 Å². The predicted octanol–water partition coefficient (Wildman–Crippen LogP) is 2.45. The molecule has 1 fully saturated rings. The molecule has 0 aliphatic heterocycles. The third-order valence-corrected chi connectivity index (χ3v) is 8.51. The number of benzene rings is 2. The second kappa shape index (κ2) is 10.5. The van der Waals surface area contributed by atoms with Crippen LogP contribution in [0.25, 0.3) is 10.9 Å². The van der Waals surface area contributed by atoms with E-state index in [1.165, 1.54) is 0 Å². The number of nitrogens with two attached hydrogens (primary N) is 1. The standard InChI is InChI=1S/C29H32N8O3/c30-26(39)23-12-18-9-10-29(23,14-18)24(11-17-5-7-21(38)8-6-17)27(40)33-20(16-32-28-34-36-37-35-28)13-19-15-31-25-4-2-1-3-22(19)25/h1-10,15,18,20,23-24,31,38H,11-14,16H2,(H2,30,39)(H,33,40)(H2,32,34,35,36,37)/t18?,20-,23?,24+,29?/m0/s1. The van der Waals surface area contributed by atoms with Gasteiger partial charge in [0.15, 0.2) is 0 Å². The average molecular weight is 541 g/mol. The van der Waals surface area contributed by atoms with Gasteiger partial charge >= 0.3 is 0 Å². The molecule has 7 N–H and O–H groups in total. The van der Waals surface area contributed by atoms with E-state index in [0.717, 1.165) is 22.0 Å². The molecule has 2 aromatic carbocycles. The van der Waals surface area contributed by atoms with E-state index >= 15 is 0 Å². The van der Waals surface area contributed by atoms with E-state index in [-0.39, 0.29) is 29.5 Å². The molecule has 4 aromatic rings. The van der Waals surface area contributed by atoms with Crippen molar-refractivity contribution in [2.45, 2.75) is 31.7 Å². The molecule has 40 heavy (non-hydrogen) atoms. The number of primary amides is 1. The van der Waals surface area contributed by atoms with Crippen molar-refractivity contribution in [1.29, 1.82) is 0 Å². The van der Waals surface area contributed by atoms with Crippen molar-refractivity contribution < 1.29 is 14.7 Å². The molecule has 0 radical (unpaired) electrons. The summed E-state index contributed by atoms with van der Waals surface area (Å²) in [5.41, 5.74) is 8.23. The summed E-state index contributed by atoms with van der Waals surface area (Å²) in [7, 11) is 0. The number of rotatable bonds is 11. The fourth-order valence-corrected chi connectivity index (χ4v) is 6.62. The van der Waals surface area contributed by atoms with E-state index in [0.29, 0.717) is 38.2 Å². The van der Waals surface area contributed by atoms with Gasteiger partial charge in [0.1, 0.15) is 5.75 Å². The third-order valence-electron chi connectivity index (χ3n) is 8.51. The number of carbonyl (C=O) groups is 2. The van der Waals surface area contributed by atoms with Crippen LogP contribution in [-0.4, -0.2) is 55.1 Å². The second-order valence-electron chi connectivity index (χ2n) is 10.9. The number of fused-ring (bicyclic) bond motifs is 3. The lowest BCUT2D eigenvalue weighted by Gasteiger charge is -2.38. The molecular formula is C29H32N8O3. The van der Waals surface area contributed by atoms with Gasteiger partial charge in [0.05, 0.1) is 12.0 Å². The Morgan fingerprint density at radius 2 is 1.98 bits per heavy atom. The molecule has 5 atom stereocenters. The van der Waals surface area contributed by atoms with Gasteiger partial charge in [0.25, 0.3) is 5.95 Å². The van der Waals surface area contributed by atoms with E-state index in [9.17, 15) is 14.7 Å². The Bertz CT molecular complexity index is 1530. The molecular weight excluding hydrogens is 508 g/mol. The Labute approximate surface area is 230 Å². The summed E-state index contributed by atoms with van der Waals surface area (Å²) in [6.07, 6.45) is 8.47. The van der Waals surface area contributed by atoms with Gasteiger partial charge in [-0.05, 0) is 66.1 Å². The monoisotopic (exact) mass is 540 g/mol. The number of anilines is 1. The third kappa shape index (κ3) is 4.90. The zero-order valence-electron chi connectivity index (χ0n) is 21.9. The maximum Gasteiger partial charge on any atom is 0.263 e. The Hall–Kier alpha value is -4.67. The molecule has 2 heterocycles. The Balaban J connectivity index is 1.30. The zero-order valence-corrected chi connectivity index (χ0v) is 21.9. The minimum absolute atomic E-state index is 0.147. The number of nitrogens with one attached hydrogen (secondary N) is 4. The molecule has 2 amide bonds. The molecule has 2 aliphatic rings. The van der Waals surface area contributed by atoms with Crippen LogP contribution >= 0.6 is 0 Å². The van der Waals surface area contributed by atoms with Gasteiger partial charge in [-0.15, -0.1) is 5.10 Å². The van der Waals surface area contributed by atoms with E-state index in [1.807, 2.05) is 42.6 Å². The first-order chi connectivity index (χ1) is 19.4. The van der Waals surface area contributed by atoms with Crippen molar-refractivity contribution in [2.24, 2.45) is 28.9 Å². The minimum Gasteiger partial charge on any atom is -0.508 e. The number of aromatic amines is 2. The predicted molar refractivity (Wildman–Crippen MR) is 149 cm³/mol. The number of phenolic OH excluding ortho intramolecular Hbond substituents is 1. The van der Waals surface area contributed by atoms with Gasteiger partial charge in [-0.2, -0.15) is 5.21 Å². The lowest BCUT2D eigenvalue weighted by molar-refractivity contribution is -0.132. The molecule has 11 nitrogen and oxygen atoms in total. The number of phenols is 1. The maximum absolute atomic E-state index is 14.3. The highest BCUT2D eigenvalue weighted by Gasteiger charge is 2.57. The van der Waals surface area contributed by atoms with Gasteiger partial charge < -0.3 is 26.5 Å². The minimum atomic E-state index is -0.662. The molecule has 11 heteroatoms. The van der Waals surface area contributed by atoms with Crippen LogP contribution < -0.4 is 16.4 Å². The highest BCUT2D eigenvalue weighted by atomic mass is 16.3. The Morgan fingerprint density at radius 1 is 1.15 bits per heavy atom. The summed E-state index contributed by atoms with van der Waals surface area (Å²) in [4.78, 5) is 30.2. The van der Waals surface area contributed by atoms with Crippen LogP contribution in [0.5, 0.6) is 5.75 Å². The van der Waals surface area contributed by atoms with Crippen LogP contribution in [0.4, 0.5) is 5.95 Å². The van der Waals surface area contributed by atoms with E-state index < -0.39 is 17.3 Å². The molecule has 206 valence electrons. The molecule has 2 bridgehead atoms. The van der Waals surface area contributed by atoms with Crippen molar-refractivity contribution >= 4 is 28.7 Å². The van der Waals surface area contributed by atoms with Gasteiger partial charge in [-0.1, -0.05) is 47.6 Å². The normalized spacial score (nSPS) is 22.8. The van der Waals surface area contributed by atoms with Crippen LogP contribution in [0.2, 0.25) is 0 Å². The number of aromatic nitrogens is 5. The summed E-state index contributed by atoms with van der Waals surface area (Å²) in [5, 5.41) is 31.3. The molecule has 2 aromatic heterocycles. The van der Waals surface area contributed by atoms with Crippen molar-refractivity contribution in [3.8, 4) is 5.75 Å². The number of nitrogens with zero attached hydrogens (tertiary/aromatic N) is 3. The van der Waals surface area contributed by atoms with Gasteiger partial charge in [0.2, 0.25) is 11.8 Å². The SMILES string of the molecule is NC(=O)C1CC2C=CC1([C@H](Cc1ccc(O)cc1)C(=O)N[C@H](CNc1nn[nH]n1)Cc1c[nH]c3ccccc13)C2. The summed E-state index contributed by atoms with van der Waals surface area (Å²) in [6, 6.07) is 14.6. The van der Waals surface area contributed by atoms with Crippen molar-refractivity contribution in [1.82, 2.24) is 30.9 Å². The number of para-hydroxylation sites is 1. The fraction of sp³-hybridized carbons (Fsp3) is 0.345. The molecule has 0 saturated heterocycles. The number of aromatic hydroxyl groups is 1. The van der Waals surface area contributed by atoms with Gasteiger partial charge in [-0.25, -0.2) is 0 Å². The van der Waals surface area contributed by atoms with E-state index in [4.69, 9.17) is 5.73 Å². The first-order valence-corrected chi connectivity index (χ1v) is 13.5. The lowest BCUT2D eigenvalue weighted by atomic mass is 9.65. The summed E-state index contributed by atoms with van der Waals surface area (Å²) in [6.45, 7) is 0.363. The number of tetrazole rings is 1. The molecule has 1 saturated carbocycles. The van der Waals surface area contributed by atoms with Crippen LogP contribution in [0.3, 0.4) is 0 Å². The van der Waals surface area contributed by atoms with E-state index in [2.05, 4.69) is 48.4 Å². The molecule has 0 spiro atoms. The number of carbonyl (C=O) groups excluding carboxylic acids is 2. The fourth-order valence-electron chi connectivity index (χ4n) is 6.62. The van der Waals surface area contributed by atoms with Crippen LogP contribution in [-0.2, 0) is 22.4 Å². The van der Waals surface area contributed by atoms with Crippen LogP contribution in [0, 0.1) is 23.2 Å². The zero-order chi connectivity index (χ0) is 27.7. The van der Waals surface area contributed by atoms with Crippen molar-refractivity contribution in [3.05, 3.63) is 78.0 Å². The largest absolute Gasteiger partial charge is 0.508 e. The Kier molecular flexibility index (Phi) is 6.71. The number of hydrogen-bond acceptors (Lipinski definition) is 7. The molecule has 3 unspecified atom stereocenters. The van der Waals surface area contributed by atoms with Crippen LogP contribution in [0.1, 0.15) is 24.0 Å². The number of hydrogen-bond donors (Lipinski definition) is 6. The lowest BCUT2D eigenvalue weighted by Crippen LogP contribution is -2.51. The van der Waals surface area contributed by atoms with Gasteiger partial charge in [-0.3, -0.25) is 9.59 Å². The average Bonchev–Trinajstić information content (AvgIpc) is 3.76. The van der Waals surface area contributed by atoms with Crippen molar-refractivity contribution in [2.75, 3.05) is 11.9 Å². The number of amides is 2. The summed E-state index contributed by atoms with van der Waals surface area (Å²) >= 11 is 0. The topological polar surface area (TPSA) is 175 Å². The smallest absolute Gasteiger partial charge is 0.263 e. The maximum atomic E-state index is 14.3. The quantitative estimate of drug-likeness (QED) is 0.158. The first kappa shape index (κ1) is 25.6. The number of H-pyrrole nitrogens is 2. The second-order valence-corrected chi connectivity index (χ2v) is 10.9. The Morgan fingerprint density at radius 3 is 2.73 bits per heavy atom. The summed E-state index contributed by atoms with van der Waals surface area (Å²) < 4.78 is 0. The van der Waals surface area contributed by atoms with Crippen molar-refractivity contribution in [3.63, 3.8) is 0 Å². The number of allylic oxidation sites excluding steroid dienone is 2. The molecule has 2 aliphatic carbocycles.